The van der Waals surface area contributed by atoms with E-state index >= 15 is 0 Å². The molecule has 1 aromatic carbocycles. The monoisotopic (exact) mass is 530 g/mol. The Morgan fingerprint density at radius 1 is 0.974 bits per heavy atom. The predicted molar refractivity (Wildman–Crippen MR) is 143 cm³/mol. The number of nitrogens with two attached hydrogens (primary N) is 1. The Morgan fingerprint density at radius 3 is 2.34 bits per heavy atom. The number of nitrogen functional groups attached to an aromatic ring is 1. The van der Waals surface area contributed by atoms with Crippen molar-refractivity contribution in [1.82, 2.24) is 19.7 Å². The van der Waals surface area contributed by atoms with Crippen molar-refractivity contribution < 1.29 is 17.9 Å². The van der Waals surface area contributed by atoms with Gasteiger partial charge in [-0.15, -0.1) is 0 Å². The highest BCUT2D eigenvalue weighted by atomic mass is 32.2. The largest absolute Gasteiger partial charge is 0.475 e. The Balaban J connectivity index is 1.50. The molecular formula is C27H26N6O4S. The SMILES string of the molecule is CC(C)Oc1ccc(-c2ccc(C(=O)NS(=O)(=O)c3cccc(N)n3)c(N3Cc4ccccc4C3)n2)cn1. The Kier molecular flexibility index (Phi) is 6.68. The van der Waals surface area contributed by atoms with Gasteiger partial charge >= 0.3 is 0 Å². The Labute approximate surface area is 220 Å². The van der Waals surface area contributed by atoms with Crippen LogP contribution in [0.1, 0.15) is 35.3 Å². The number of ether oxygens (including phenoxy) is 1. The van der Waals surface area contributed by atoms with Gasteiger partial charge in [0.25, 0.3) is 15.9 Å². The number of nitrogens with zero attached hydrogens (tertiary/aromatic N) is 4. The second kappa shape index (κ2) is 10.1. The van der Waals surface area contributed by atoms with E-state index in [1.54, 1.807) is 24.4 Å². The van der Waals surface area contributed by atoms with Gasteiger partial charge < -0.3 is 15.4 Å². The van der Waals surface area contributed by atoms with E-state index in [4.69, 9.17) is 15.5 Å². The zero-order chi connectivity index (χ0) is 26.9. The summed E-state index contributed by atoms with van der Waals surface area (Å²) in [5, 5.41) is -0.347. The summed E-state index contributed by atoms with van der Waals surface area (Å²) in [5.41, 5.74) is 9.27. The first-order valence-corrected chi connectivity index (χ1v) is 13.4. The number of benzene rings is 1. The average Bonchev–Trinajstić information content (AvgIpc) is 3.32. The lowest BCUT2D eigenvalue weighted by atomic mass is 10.1. The number of carbonyl (C=O) groups is 1. The molecule has 0 bridgehead atoms. The minimum Gasteiger partial charge on any atom is -0.475 e. The molecule has 0 saturated heterocycles. The van der Waals surface area contributed by atoms with Crippen LogP contribution in [0.25, 0.3) is 11.3 Å². The first-order chi connectivity index (χ1) is 18.2. The van der Waals surface area contributed by atoms with Crippen LogP contribution in [0.15, 0.2) is 78.0 Å². The molecule has 1 aliphatic rings. The smallest absolute Gasteiger partial charge is 0.281 e. The number of hydrogen-bond acceptors (Lipinski definition) is 9. The third-order valence-electron chi connectivity index (χ3n) is 5.90. The quantitative estimate of drug-likeness (QED) is 0.367. The molecule has 0 unspecified atom stereocenters. The van der Waals surface area contributed by atoms with E-state index in [0.29, 0.717) is 30.5 Å². The molecule has 0 saturated carbocycles. The number of hydrogen-bond donors (Lipinski definition) is 2. The van der Waals surface area contributed by atoms with Crippen LogP contribution in [-0.4, -0.2) is 35.4 Å². The van der Waals surface area contributed by atoms with Crippen molar-refractivity contribution in [3.05, 3.63) is 89.6 Å². The number of nitrogens with one attached hydrogen (secondary N) is 1. The van der Waals surface area contributed by atoms with Gasteiger partial charge in [0.05, 0.1) is 17.4 Å². The van der Waals surface area contributed by atoms with Crippen LogP contribution in [-0.2, 0) is 23.1 Å². The van der Waals surface area contributed by atoms with Crippen molar-refractivity contribution in [1.29, 1.82) is 0 Å². The van der Waals surface area contributed by atoms with Gasteiger partial charge in [-0.25, -0.2) is 19.7 Å². The van der Waals surface area contributed by atoms with Gasteiger partial charge in [0.1, 0.15) is 11.6 Å². The standard InChI is InChI=1S/C27H26N6O4S/c1-17(2)37-24-13-10-18(14-29-24)22-12-11-21(26(30-22)33-15-19-6-3-4-7-20(19)16-33)27(34)32-38(35,36)25-9-5-8-23(28)31-25/h3-14,17H,15-16H2,1-2H3,(H2,28,31)(H,32,34). The van der Waals surface area contributed by atoms with E-state index in [0.717, 1.165) is 16.7 Å². The van der Waals surface area contributed by atoms with E-state index in [-0.39, 0.29) is 22.5 Å². The highest BCUT2D eigenvalue weighted by molar-refractivity contribution is 7.90. The maximum atomic E-state index is 13.3. The van der Waals surface area contributed by atoms with Gasteiger partial charge in [-0.2, -0.15) is 8.42 Å². The molecule has 3 aromatic heterocycles. The van der Waals surface area contributed by atoms with Crippen LogP contribution in [0.4, 0.5) is 11.6 Å². The highest BCUT2D eigenvalue weighted by Gasteiger charge is 2.28. The summed E-state index contributed by atoms with van der Waals surface area (Å²) in [5.74, 6) is 0.0584. The zero-order valence-corrected chi connectivity index (χ0v) is 21.6. The minimum absolute atomic E-state index is 0.00789. The van der Waals surface area contributed by atoms with Crippen LogP contribution >= 0.6 is 0 Å². The molecule has 194 valence electrons. The number of rotatable bonds is 7. The Hall–Kier alpha value is -4.51. The summed E-state index contributed by atoms with van der Waals surface area (Å²) in [4.78, 5) is 28.2. The lowest BCUT2D eigenvalue weighted by Gasteiger charge is -2.21. The molecule has 10 nitrogen and oxygen atoms in total. The fourth-order valence-corrected chi connectivity index (χ4v) is 5.11. The van der Waals surface area contributed by atoms with Gasteiger partial charge in [0.15, 0.2) is 5.03 Å². The van der Waals surface area contributed by atoms with Crippen LogP contribution in [0, 0.1) is 0 Å². The molecule has 0 aliphatic carbocycles. The van der Waals surface area contributed by atoms with Gasteiger partial charge in [-0.05, 0) is 55.3 Å². The highest BCUT2D eigenvalue weighted by Crippen LogP contribution is 2.32. The van der Waals surface area contributed by atoms with Crippen LogP contribution in [0.3, 0.4) is 0 Å². The molecule has 3 N–H and O–H groups in total. The molecule has 0 spiro atoms. The van der Waals surface area contributed by atoms with Crippen molar-refractivity contribution >= 4 is 27.6 Å². The van der Waals surface area contributed by atoms with E-state index in [1.165, 1.54) is 18.2 Å². The lowest BCUT2D eigenvalue weighted by molar-refractivity contribution is 0.0981. The summed E-state index contributed by atoms with van der Waals surface area (Å²) < 4.78 is 33.5. The van der Waals surface area contributed by atoms with E-state index in [2.05, 4.69) is 14.7 Å². The number of carbonyl (C=O) groups excluding carboxylic acids is 1. The Morgan fingerprint density at radius 2 is 1.71 bits per heavy atom. The van der Waals surface area contributed by atoms with Crippen LogP contribution in [0.2, 0.25) is 0 Å². The molecule has 0 fully saturated rings. The van der Waals surface area contributed by atoms with Crippen molar-refractivity contribution in [2.75, 3.05) is 10.6 Å². The third kappa shape index (κ3) is 5.28. The summed E-state index contributed by atoms with van der Waals surface area (Å²) in [6.45, 7) is 4.89. The maximum Gasteiger partial charge on any atom is 0.281 e. The molecule has 1 amide bonds. The van der Waals surface area contributed by atoms with Gasteiger partial charge in [-0.1, -0.05) is 30.3 Å². The van der Waals surface area contributed by atoms with Crippen LogP contribution < -0.4 is 20.1 Å². The molecule has 4 heterocycles. The second-order valence-corrected chi connectivity index (χ2v) is 10.7. The van der Waals surface area contributed by atoms with Crippen molar-refractivity contribution in [2.45, 2.75) is 38.1 Å². The predicted octanol–water partition coefficient (Wildman–Crippen LogP) is 3.55. The number of sulfonamides is 1. The first-order valence-electron chi connectivity index (χ1n) is 11.9. The van der Waals surface area contributed by atoms with E-state index in [1.807, 2.05) is 49.1 Å². The lowest BCUT2D eigenvalue weighted by Crippen LogP contribution is -2.33. The molecular weight excluding hydrogens is 504 g/mol. The molecule has 11 heteroatoms. The number of anilines is 2. The minimum atomic E-state index is -4.26. The molecule has 1 aliphatic heterocycles. The summed E-state index contributed by atoms with van der Waals surface area (Å²) in [6, 6.07) is 19.0. The summed E-state index contributed by atoms with van der Waals surface area (Å²) >= 11 is 0. The Bertz CT molecular complexity index is 1580. The van der Waals surface area contributed by atoms with Gasteiger partial charge in [0, 0.05) is 30.9 Å². The molecule has 0 radical (unpaired) electrons. The number of fused-ring (bicyclic) bond motifs is 1. The van der Waals surface area contributed by atoms with Crippen molar-refractivity contribution in [3.8, 4) is 17.1 Å². The fraction of sp³-hybridized carbons (Fsp3) is 0.185. The van der Waals surface area contributed by atoms with Gasteiger partial charge in [0.2, 0.25) is 5.88 Å². The van der Waals surface area contributed by atoms with Crippen molar-refractivity contribution in [2.24, 2.45) is 0 Å². The molecule has 0 atom stereocenters. The summed E-state index contributed by atoms with van der Waals surface area (Å²) in [7, 11) is -4.26. The van der Waals surface area contributed by atoms with E-state index < -0.39 is 15.9 Å². The molecule has 4 aromatic rings. The topological polar surface area (TPSA) is 140 Å². The van der Waals surface area contributed by atoms with E-state index in [9.17, 15) is 13.2 Å². The van der Waals surface area contributed by atoms with Crippen molar-refractivity contribution in [3.63, 3.8) is 0 Å². The first kappa shape index (κ1) is 25.2. The molecule has 5 rings (SSSR count). The summed E-state index contributed by atoms with van der Waals surface area (Å²) in [6.07, 6.45) is 1.64. The number of pyridine rings is 3. The van der Waals surface area contributed by atoms with Gasteiger partial charge in [-0.3, -0.25) is 4.79 Å². The van der Waals surface area contributed by atoms with Crippen LogP contribution in [0.5, 0.6) is 5.88 Å². The average molecular weight is 531 g/mol. The second-order valence-electron chi connectivity index (χ2n) is 9.08. The maximum absolute atomic E-state index is 13.3. The normalized spacial score (nSPS) is 12.9. The zero-order valence-electron chi connectivity index (χ0n) is 20.8. The fourth-order valence-electron chi connectivity index (χ4n) is 4.16. The number of aromatic nitrogens is 3. The third-order valence-corrected chi connectivity index (χ3v) is 7.13. The number of amides is 1. The molecule has 38 heavy (non-hydrogen) atoms.